The molecule has 6 rings (SSSR count). The minimum absolute atomic E-state index is 0.129. The molecule has 2 aliphatic rings. The molecule has 7 nitrogen and oxygen atoms in total. The van der Waals surface area contributed by atoms with Crippen molar-refractivity contribution in [1.29, 1.82) is 0 Å². The van der Waals surface area contributed by atoms with Gasteiger partial charge in [-0.1, -0.05) is 12.1 Å². The molecule has 0 radical (unpaired) electrons. The van der Waals surface area contributed by atoms with E-state index < -0.39 is 11.5 Å². The van der Waals surface area contributed by atoms with Crippen LogP contribution in [0.15, 0.2) is 72.1 Å². The number of nitrogens with two attached hydrogens (primary N) is 1. The largest absolute Gasteiger partial charge is 0.462 e. The lowest BCUT2D eigenvalue weighted by Crippen LogP contribution is -2.31. The second kappa shape index (κ2) is 6.65. The number of rotatable bonds is 2. The van der Waals surface area contributed by atoms with Crippen molar-refractivity contribution in [2.24, 2.45) is 17.8 Å². The van der Waals surface area contributed by atoms with Crippen LogP contribution in [-0.4, -0.2) is 27.4 Å². The molecular formula is C24H18FN5O2. The van der Waals surface area contributed by atoms with Crippen molar-refractivity contribution in [2.45, 2.75) is 5.54 Å². The molecule has 1 atom stereocenters. The molecule has 2 aromatic carbocycles. The van der Waals surface area contributed by atoms with Crippen LogP contribution in [0.2, 0.25) is 0 Å². The summed E-state index contributed by atoms with van der Waals surface area (Å²) >= 11 is 0. The number of nitrogens with zero attached hydrogens (tertiary/aromatic N) is 4. The maximum Gasteiger partial charge on any atom is 0.283 e. The quantitative estimate of drug-likeness (QED) is 0.489. The normalized spacial score (nSPS) is 18.5. The predicted octanol–water partition coefficient (Wildman–Crippen LogP) is 3.98. The standard InChI is InChI=1S/C24H18FN5O2/c1-30-12-17(11-28-30)15-3-6-21-19(9-15)24(13-31-23(26)29-24)18-8-14(2-5-20(18)32-21)16-4-7-22(25)27-10-16/h2-12H,13H2,1H3,(H2,26,29)/t24-/m0/s1. The zero-order valence-corrected chi connectivity index (χ0v) is 17.1. The van der Waals surface area contributed by atoms with Gasteiger partial charge in [-0.25, -0.2) is 9.98 Å². The summed E-state index contributed by atoms with van der Waals surface area (Å²) in [6.07, 6.45) is 5.27. The number of ether oxygens (including phenoxy) is 2. The Morgan fingerprint density at radius 2 is 1.62 bits per heavy atom. The van der Waals surface area contributed by atoms with Gasteiger partial charge in [-0.2, -0.15) is 9.49 Å². The summed E-state index contributed by atoms with van der Waals surface area (Å²) in [5.74, 6) is 0.848. The zero-order chi connectivity index (χ0) is 21.9. The number of hydrogen-bond acceptors (Lipinski definition) is 6. The van der Waals surface area contributed by atoms with Gasteiger partial charge >= 0.3 is 0 Å². The van der Waals surface area contributed by atoms with E-state index in [4.69, 9.17) is 20.2 Å². The first-order valence-electron chi connectivity index (χ1n) is 10.1. The second-order valence-corrected chi connectivity index (χ2v) is 7.90. The molecule has 0 amide bonds. The van der Waals surface area contributed by atoms with Crippen LogP contribution in [0.1, 0.15) is 11.1 Å². The fourth-order valence-electron chi connectivity index (χ4n) is 4.33. The van der Waals surface area contributed by atoms with E-state index >= 15 is 0 Å². The highest BCUT2D eigenvalue weighted by molar-refractivity contribution is 5.79. The fourth-order valence-corrected chi connectivity index (χ4v) is 4.33. The van der Waals surface area contributed by atoms with E-state index in [9.17, 15) is 4.39 Å². The number of hydrogen-bond donors (Lipinski definition) is 1. The molecule has 2 N–H and O–H groups in total. The summed E-state index contributed by atoms with van der Waals surface area (Å²) in [6, 6.07) is 14.9. The molecule has 158 valence electrons. The minimum Gasteiger partial charge on any atom is -0.462 e. The van der Waals surface area contributed by atoms with Crippen LogP contribution in [0.25, 0.3) is 22.3 Å². The van der Waals surface area contributed by atoms with Crippen LogP contribution >= 0.6 is 0 Å². The summed E-state index contributed by atoms with van der Waals surface area (Å²) < 4.78 is 27.0. The summed E-state index contributed by atoms with van der Waals surface area (Å²) in [6.45, 7) is 0.254. The Hall–Kier alpha value is -4.20. The van der Waals surface area contributed by atoms with Crippen molar-refractivity contribution in [2.75, 3.05) is 6.61 Å². The van der Waals surface area contributed by atoms with Crippen molar-refractivity contribution in [3.63, 3.8) is 0 Å². The molecule has 0 fully saturated rings. The average molecular weight is 427 g/mol. The number of fused-ring (bicyclic) bond motifs is 4. The van der Waals surface area contributed by atoms with Crippen LogP contribution in [0.4, 0.5) is 4.39 Å². The Bertz CT molecular complexity index is 1400. The number of pyridine rings is 1. The Balaban J connectivity index is 1.54. The van der Waals surface area contributed by atoms with Crippen LogP contribution in [0, 0.1) is 5.95 Å². The molecule has 0 aliphatic carbocycles. The first-order chi connectivity index (χ1) is 15.5. The summed E-state index contributed by atoms with van der Waals surface area (Å²) in [5.41, 5.74) is 10.5. The SMILES string of the molecule is Cn1cc(-c2ccc3c(c2)[C@]2(COC(N)=N2)c2cc(-c4ccc(F)nc4)ccc2O3)cn1. The molecule has 1 spiro atoms. The van der Waals surface area contributed by atoms with E-state index in [2.05, 4.69) is 10.1 Å². The summed E-state index contributed by atoms with van der Waals surface area (Å²) in [5, 5.41) is 4.27. The number of aryl methyl sites for hydroxylation is 1. The van der Waals surface area contributed by atoms with Gasteiger partial charge in [-0.05, 0) is 47.5 Å². The van der Waals surface area contributed by atoms with Gasteiger partial charge < -0.3 is 15.2 Å². The van der Waals surface area contributed by atoms with Gasteiger partial charge in [0.1, 0.15) is 18.1 Å². The molecule has 0 bridgehead atoms. The maximum absolute atomic E-state index is 13.3. The molecule has 32 heavy (non-hydrogen) atoms. The predicted molar refractivity (Wildman–Crippen MR) is 117 cm³/mol. The number of aliphatic imine (C=N–C) groups is 1. The van der Waals surface area contributed by atoms with E-state index in [-0.39, 0.29) is 12.6 Å². The van der Waals surface area contributed by atoms with E-state index in [0.29, 0.717) is 11.5 Å². The molecule has 2 aliphatic heterocycles. The second-order valence-electron chi connectivity index (χ2n) is 7.90. The van der Waals surface area contributed by atoms with Crippen molar-refractivity contribution in [1.82, 2.24) is 14.8 Å². The summed E-state index contributed by atoms with van der Waals surface area (Å²) in [7, 11) is 1.88. The van der Waals surface area contributed by atoms with Crippen LogP contribution in [0.3, 0.4) is 0 Å². The highest BCUT2D eigenvalue weighted by Gasteiger charge is 2.47. The summed E-state index contributed by atoms with van der Waals surface area (Å²) in [4.78, 5) is 8.52. The number of aromatic nitrogens is 3. The number of halogens is 1. The Morgan fingerprint density at radius 1 is 0.938 bits per heavy atom. The molecule has 2 aromatic heterocycles. The number of benzene rings is 2. The molecule has 8 heteroatoms. The van der Waals surface area contributed by atoms with Crippen molar-refractivity contribution in [3.05, 3.63) is 84.2 Å². The van der Waals surface area contributed by atoms with Gasteiger partial charge in [0.05, 0.1) is 6.20 Å². The van der Waals surface area contributed by atoms with Gasteiger partial charge in [0.15, 0.2) is 5.54 Å². The highest BCUT2D eigenvalue weighted by atomic mass is 19.1. The molecule has 0 unspecified atom stereocenters. The third-order valence-corrected chi connectivity index (χ3v) is 5.90. The highest BCUT2D eigenvalue weighted by Crippen LogP contribution is 2.52. The van der Waals surface area contributed by atoms with E-state index in [1.807, 2.05) is 55.8 Å². The van der Waals surface area contributed by atoms with E-state index in [0.717, 1.165) is 33.4 Å². The average Bonchev–Trinajstić information content (AvgIpc) is 3.41. The Morgan fingerprint density at radius 3 is 2.19 bits per heavy atom. The minimum atomic E-state index is -0.852. The van der Waals surface area contributed by atoms with Crippen molar-refractivity contribution < 1.29 is 13.9 Å². The molecule has 4 heterocycles. The van der Waals surface area contributed by atoms with Gasteiger partial charge in [-0.15, -0.1) is 0 Å². The molecule has 0 saturated heterocycles. The third kappa shape index (κ3) is 2.76. The van der Waals surface area contributed by atoms with Crippen molar-refractivity contribution in [3.8, 4) is 33.8 Å². The number of amidine groups is 1. The zero-order valence-electron chi connectivity index (χ0n) is 17.1. The molecule has 0 saturated carbocycles. The fraction of sp³-hybridized carbons (Fsp3) is 0.125. The molecule has 4 aromatic rings. The van der Waals surface area contributed by atoms with Crippen molar-refractivity contribution >= 4 is 6.02 Å². The molecular weight excluding hydrogens is 409 g/mol. The first-order valence-corrected chi connectivity index (χ1v) is 10.1. The first kappa shape index (κ1) is 18.6. The monoisotopic (exact) mass is 427 g/mol. The van der Waals surface area contributed by atoms with Gasteiger partial charge in [-0.3, -0.25) is 4.68 Å². The van der Waals surface area contributed by atoms with Gasteiger partial charge in [0.2, 0.25) is 5.95 Å². The topological polar surface area (TPSA) is 87.6 Å². The Labute approximate surface area is 183 Å². The maximum atomic E-state index is 13.3. The van der Waals surface area contributed by atoms with Gasteiger partial charge in [0, 0.05) is 41.7 Å². The lowest BCUT2D eigenvalue weighted by Gasteiger charge is -2.34. The third-order valence-electron chi connectivity index (χ3n) is 5.90. The van der Waals surface area contributed by atoms with E-state index in [1.54, 1.807) is 10.7 Å². The lowest BCUT2D eigenvalue weighted by molar-refractivity contribution is 0.264. The lowest BCUT2D eigenvalue weighted by atomic mass is 9.79. The van der Waals surface area contributed by atoms with Gasteiger partial charge in [0.25, 0.3) is 6.02 Å². The van der Waals surface area contributed by atoms with Crippen LogP contribution < -0.4 is 10.5 Å². The van der Waals surface area contributed by atoms with Crippen LogP contribution in [0.5, 0.6) is 11.5 Å². The smallest absolute Gasteiger partial charge is 0.283 e. The Kier molecular flexibility index (Phi) is 3.86. The van der Waals surface area contributed by atoms with E-state index in [1.165, 1.54) is 12.3 Å². The van der Waals surface area contributed by atoms with Crippen LogP contribution in [-0.2, 0) is 17.3 Å².